The van der Waals surface area contributed by atoms with Crippen molar-refractivity contribution in [2.24, 2.45) is 0 Å². The molecule has 3 rings (SSSR count). The van der Waals surface area contributed by atoms with E-state index in [0.717, 1.165) is 29.4 Å². The Morgan fingerprint density at radius 3 is 2.74 bits per heavy atom. The third-order valence-electron chi connectivity index (χ3n) is 3.56. The van der Waals surface area contributed by atoms with Crippen molar-refractivity contribution in [3.05, 3.63) is 35.7 Å². The molecule has 1 heterocycles. The number of ether oxygens (including phenoxy) is 1. The lowest BCUT2D eigenvalue weighted by Crippen LogP contribution is -2.30. The smallest absolute Gasteiger partial charge is 0.258 e. The van der Waals surface area contributed by atoms with Crippen molar-refractivity contribution in [1.29, 1.82) is 0 Å². The van der Waals surface area contributed by atoms with E-state index < -0.39 is 0 Å². The van der Waals surface area contributed by atoms with Crippen LogP contribution in [0.4, 0.5) is 5.13 Å². The van der Waals surface area contributed by atoms with Crippen LogP contribution in [0.25, 0.3) is 0 Å². The lowest BCUT2D eigenvalue weighted by Gasteiger charge is -2.14. The van der Waals surface area contributed by atoms with Crippen LogP contribution in [0.1, 0.15) is 37.2 Å². The quantitative estimate of drug-likeness (QED) is 0.815. The van der Waals surface area contributed by atoms with Crippen molar-refractivity contribution in [2.75, 3.05) is 11.9 Å². The van der Waals surface area contributed by atoms with Gasteiger partial charge in [-0.2, -0.15) is 4.37 Å². The first-order chi connectivity index (χ1) is 11.1. The Hall–Kier alpha value is -2.15. The van der Waals surface area contributed by atoms with E-state index in [-0.39, 0.29) is 18.6 Å². The molecule has 23 heavy (non-hydrogen) atoms. The van der Waals surface area contributed by atoms with Crippen molar-refractivity contribution in [2.45, 2.75) is 38.8 Å². The van der Waals surface area contributed by atoms with Crippen LogP contribution in [0.5, 0.6) is 5.75 Å². The Bertz CT molecular complexity index is 667. The van der Waals surface area contributed by atoms with E-state index >= 15 is 0 Å². The number of rotatable bonds is 7. The van der Waals surface area contributed by atoms with Gasteiger partial charge >= 0.3 is 0 Å². The molecule has 1 saturated carbocycles. The van der Waals surface area contributed by atoms with Gasteiger partial charge in [-0.15, -0.1) is 0 Å². The number of aryl methyl sites for hydroxylation is 1. The van der Waals surface area contributed by atoms with Crippen LogP contribution >= 0.6 is 11.5 Å². The Kier molecular flexibility index (Phi) is 4.76. The second-order valence-electron chi connectivity index (χ2n) is 5.71. The van der Waals surface area contributed by atoms with E-state index in [9.17, 15) is 4.79 Å². The van der Waals surface area contributed by atoms with Gasteiger partial charge in [-0.05, 0) is 44.4 Å². The second kappa shape index (κ2) is 6.95. The summed E-state index contributed by atoms with van der Waals surface area (Å²) in [6.45, 7) is 4.00. The van der Waals surface area contributed by atoms with Crippen molar-refractivity contribution in [3.63, 3.8) is 0 Å². The molecule has 0 saturated heterocycles. The molecule has 1 amide bonds. The summed E-state index contributed by atoms with van der Waals surface area (Å²) in [5, 5.41) is 7.03. The predicted molar refractivity (Wildman–Crippen MR) is 89.8 cm³/mol. The highest BCUT2D eigenvalue weighted by atomic mass is 32.1. The first-order valence-corrected chi connectivity index (χ1v) is 8.46. The Labute approximate surface area is 139 Å². The molecule has 0 aliphatic heterocycles. The lowest BCUT2D eigenvalue weighted by atomic mass is 10.1. The van der Waals surface area contributed by atoms with E-state index in [4.69, 9.17) is 4.74 Å². The number of benzene rings is 1. The number of nitrogens with one attached hydrogen (secondary N) is 2. The second-order valence-corrected chi connectivity index (χ2v) is 6.46. The van der Waals surface area contributed by atoms with E-state index in [0.29, 0.717) is 11.8 Å². The van der Waals surface area contributed by atoms with Crippen LogP contribution < -0.4 is 15.4 Å². The molecule has 1 aliphatic rings. The maximum absolute atomic E-state index is 11.6. The highest BCUT2D eigenvalue weighted by Crippen LogP contribution is 2.23. The number of nitrogens with zero attached hydrogens (tertiary/aromatic N) is 2. The predicted octanol–water partition coefficient (Wildman–Crippen LogP) is 2.68. The molecule has 0 radical (unpaired) electrons. The van der Waals surface area contributed by atoms with Crippen LogP contribution in [-0.4, -0.2) is 27.9 Å². The van der Waals surface area contributed by atoms with Gasteiger partial charge in [0.2, 0.25) is 5.13 Å². The van der Waals surface area contributed by atoms with Crippen LogP contribution in [0, 0.1) is 6.92 Å². The third kappa shape index (κ3) is 4.66. The zero-order valence-corrected chi connectivity index (χ0v) is 14.0. The highest BCUT2D eigenvalue weighted by molar-refractivity contribution is 7.09. The summed E-state index contributed by atoms with van der Waals surface area (Å²) in [6, 6.07) is 8.21. The Morgan fingerprint density at radius 1 is 1.39 bits per heavy atom. The molecule has 1 aromatic carbocycles. The molecular weight excluding hydrogens is 312 g/mol. The molecule has 0 spiro atoms. The van der Waals surface area contributed by atoms with Crippen LogP contribution in [0.3, 0.4) is 0 Å². The maximum Gasteiger partial charge on any atom is 0.258 e. The molecule has 2 N–H and O–H groups in total. The standard InChI is InChI=1S/C16H20N4O2S/c1-10(17-16-18-11(2)20-23-16)12-3-7-14(8-4-12)22-9-15(21)19-13-5-6-13/h3-4,7-8,10,13H,5-6,9H2,1-2H3,(H,19,21)(H,17,18,20). The minimum Gasteiger partial charge on any atom is -0.484 e. The molecule has 1 aliphatic carbocycles. The molecule has 7 heteroatoms. The number of anilines is 1. The first-order valence-electron chi connectivity index (χ1n) is 7.69. The number of hydrogen-bond acceptors (Lipinski definition) is 6. The summed E-state index contributed by atoms with van der Waals surface area (Å²) in [4.78, 5) is 15.9. The zero-order chi connectivity index (χ0) is 16.2. The van der Waals surface area contributed by atoms with Crippen molar-refractivity contribution in [1.82, 2.24) is 14.7 Å². The van der Waals surface area contributed by atoms with Crippen LogP contribution in [-0.2, 0) is 4.79 Å². The van der Waals surface area contributed by atoms with Gasteiger partial charge in [0.15, 0.2) is 6.61 Å². The van der Waals surface area contributed by atoms with Gasteiger partial charge in [0.05, 0.1) is 6.04 Å². The monoisotopic (exact) mass is 332 g/mol. The molecular formula is C16H20N4O2S. The van der Waals surface area contributed by atoms with Crippen molar-refractivity contribution < 1.29 is 9.53 Å². The first kappa shape index (κ1) is 15.7. The average Bonchev–Trinajstić information content (AvgIpc) is 3.26. The number of amides is 1. The fraction of sp³-hybridized carbons (Fsp3) is 0.438. The third-order valence-corrected chi connectivity index (χ3v) is 4.30. The minimum absolute atomic E-state index is 0.0572. The van der Waals surface area contributed by atoms with Gasteiger partial charge in [0, 0.05) is 17.6 Å². The Balaban J connectivity index is 1.50. The van der Waals surface area contributed by atoms with Gasteiger partial charge in [-0.25, -0.2) is 4.98 Å². The molecule has 1 unspecified atom stereocenters. The number of hydrogen-bond donors (Lipinski definition) is 2. The van der Waals surface area contributed by atoms with Gasteiger partial charge in [0.1, 0.15) is 11.6 Å². The van der Waals surface area contributed by atoms with E-state index in [1.807, 2.05) is 31.2 Å². The van der Waals surface area contributed by atoms with E-state index in [2.05, 4.69) is 26.9 Å². The summed E-state index contributed by atoms with van der Waals surface area (Å²) in [5.74, 6) is 1.41. The highest BCUT2D eigenvalue weighted by Gasteiger charge is 2.23. The maximum atomic E-state index is 11.6. The largest absolute Gasteiger partial charge is 0.484 e. The fourth-order valence-corrected chi connectivity index (χ4v) is 2.78. The van der Waals surface area contributed by atoms with Gasteiger partial charge < -0.3 is 15.4 Å². The minimum atomic E-state index is -0.0572. The number of carbonyl (C=O) groups is 1. The van der Waals surface area contributed by atoms with Crippen LogP contribution in [0.15, 0.2) is 24.3 Å². The molecule has 1 fully saturated rings. The summed E-state index contributed by atoms with van der Waals surface area (Å²) in [7, 11) is 0. The zero-order valence-electron chi connectivity index (χ0n) is 13.2. The Morgan fingerprint density at radius 2 is 2.13 bits per heavy atom. The van der Waals surface area contributed by atoms with Crippen molar-refractivity contribution in [3.8, 4) is 5.75 Å². The molecule has 2 aromatic rings. The fourth-order valence-electron chi connectivity index (χ4n) is 2.12. The van der Waals surface area contributed by atoms with Gasteiger partial charge in [-0.3, -0.25) is 4.79 Å². The van der Waals surface area contributed by atoms with E-state index in [1.54, 1.807) is 0 Å². The molecule has 6 nitrogen and oxygen atoms in total. The summed E-state index contributed by atoms with van der Waals surface area (Å²) < 4.78 is 9.65. The normalized spacial score (nSPS) is 15.0. The SMILES string of the molecule is Cc1nsc(NC(C)c2ccc(OCC(=O)NC3CC3)cc2)n1. The lowest BCUT2D eigenvalue weighted by molar-refractivity contribution is -0.123. The molecule has 1 aromatic heterocycles. The van der Waals surface area contributed by atoms with Crippen LogP contribution in [0.2, 0.25) is 0 Å². The molecule has 1 atom stereocenters. The summed E-state index contributed by atoms with van der Waals surface area (Å²) in [6.07, 6.45) is 2.17. The van der Waals surface area contributed by atoms with Gasteiger partial charge in [-0.1, -0.05) is 12.1 Å². The summed E-state index contributed by atoms with van der Waals surface area (Å²) in [5.41, 5.74) is 1.12. The topological polar surface area (TPSA) is 76.1 Å². The van der Waals surface area contributed by atoms with Gasteiger partial charge in [0.25, 0.3) is 5.91 Å². The van der Waals surface area contributed by atoms with E-state index in [1.165, 1.54) is 11.5 Å². The summed E-state index contributed by atoms with van der Waals surface area (Å²) >= 11 is 1.36. The average molecular weight is 332 g/mol. The van der Waals surface area contributed by atoms with Crippen molar-refractivity contribution >= 4 is 22.6 Å². The molecule has 122 valence electrons. The molecule has 0 bridgehead atoms. The number of aromatic nitrogens is 2. The number of carbonyl (C=O) groups excluding carboxylic acids is 1.